The van der Waals surface area contributed by atoms with E-state index < -0.39 is 0 Å². The van der Waals surface area contributed by atoms with E-state index in [1.807, 2.05) is 41.2 Å². The van der Waals surface area contributed by atoms with E-state index in [1.165, 1.54) is 0 Å². The lowest BCUT2D eigenvalue weighted by Crippen LogP contribution is -2.30. The summed E-state index contributed by atoms with van der Waals surface area (Å²) in [5.41, 5.74) is 3.22. The topological polar surface area (TPSA) is 60.3 Å². The van der Waals surface area contributed by atoms with E-state index in [0.717, 1.165) is 39.2 Å². The van der Waals surface area contributed by atoms with Crippen LogP contribution in [0.15, 0.2) is 59.3 Å². The van der Waals surface area contributed by atoms with Crippen LogP contribution in [0.2, 0.25) is 0 Å². The normalized spacial score (nSPS) is 10.4. The number of benzene rings is 2. The first-order valence-corrected chi connectivity index (χ1v) is 10.3. The minimum atomic E-state index is 0.587. The molecule has 0 radical (unpaired) electrons. The molecular weight excluding hydrogens is 452 g/mol. The van der Waals surface area contributed by atoms with Gasteiger partial charge in [0, 0.05) is 18.4 Å². The molecule has 0 fully saturated rings. The predicted octanol–water partition coefficient (Wildman–Crippen LogP) is 4.24. The Morgan fingerprint density at radius 3 is 2.66 bits per heavy atom. The second kappa shape index (κ2) is 10.3. The van der Waals surface area contributed by atoms with E-state index in [0.29, 0.717) is 18.2 Å². The van der Waals surface area contributed by atoms with Crippen molar-refractivity contribution in [1.82, 2.24) is 15.1 Å². The third kappa shape index (κ3) is 6.20. The highest BCUT2D eigenvalue weighted by Gasteiger charge is 2.05. The van der Waals surface area contributed by atoms with Crippen LogP contribution in [0.4, 0.5) is 5.69 Å². The van der Waals surface area contributed by atoms with Crippen molar-refractivity contribution in [3.05, 3.63) is 70.5 Å². The first-order chi connectivity index (χ1) is 14.1. The highest BCUT2D eigenvalue weighted by Crippen LogP contribution is 2.27. The SMILES string of the molecule is COc1ccc(CCNC(=S)Nc2cccc(Cn3cc(Br)cn3)c2)cc1OC. The molecule has 0 spiro atoms. The average molecular weight is 475 g/mol. The summed E-state index contributed by atoms with van der Waals surface area (Å²) in [6.45, 7) is 1.41. The number of thiocarbonyl (C=S) groups is 1. The molecular formula is C21H23BrN4O2S. The third-order valence-electron chi connectivity index (χ3n) is 4.28. The van der Waals surface area contributed by atoms with Crippen LogP contribution in [0.25, 0.3) is 0 Å². The quantitative estimate of drug-likeness (QED) is 0.476. The maximum absolute atomic E-state index is 5.43. The fourth-order valence-electron chi connectivity index (χ4n) is 2.89. The second-order valence-corrected chi connectivity index (χ2v) is 7.70. The van der Waals surface area contributed by atoms with E-state index in [1.54, 1.807) is 20.4 Å². The Kier molecular flexibility index (Phi) is 7.48. The van der Waals surface area contributed by atoms with Crippen molar-refractivity contribution >= 4 is 38.9 Å². The molecule has 6 nitrogen and oxygen atoms in total. The van der Waals surface area contributed by atoms with Gasteiger partial charge in [0.05, 0.1) is 31.4 Å². The van der Waals surface area contributed by atoms with Gasteiger partial charge in [-0.2, -0.15) is 5.10 Å². The number of anilines is 1. The minimum absolute atomic E-state index is 0.587. The van der Waals surface area contributed by atoms with Crippen molar-refractivity contribution in [1.29, 1.82) is 0 Å². The molecule has 0 unspecified atom stereocenters. The molecule has 0 aliphatic heterocycles. The maximum atomic E-state index is 5.43. The van der Waals surface area contributed by atoms with Gasteiger partial charge in [-0.25, -0.2) is 0 Å². The van der Waals surface area contributed by atoms with Gasteiger partial charge in [0.15, 0.2) is 16.6 Å². The maximum Gasteiger partial charge on any atom is 0.170 e. The molecule has 3 aromatic rings. The molecule has 1 aromatic heterocycles. The van der Waals surface area contributed by atoms with Crippen LogP contribution in [0.5, 0.6) is 11.5 Å². The summed E-state index contributed by atoms with van der Waals surface area (Å²) in [7, 11) is 3.27. The molecule has 8 heteroatoms. The fraction of sp³-hybridized carbons (Fsp3) is 0.238. The largest absolute Gasteiger partial charge is 0.493 e. The third-order valence-corrected chi connectivity index (χ3v) is 4.93. The van der Waals surface area contributed by atoms with Crippen molar-refractivity contribution in [3.8, 4) is 11.5 Å². The van der Waals surface area contributed by atoms with Crippen LogP contribution in [0, 0.1) is 0 Å². The smallest absolute Gasteiger partial charge is 0.170 e. The van der Waals surface area contributed by atoms with Crippen molar-refractivity contribution < 1.29 is 9.47 Å². The van der Waals surface area contributed by atoms with Crippen molar-refractivity contribution in [3.63, 3.8) is 0 Å². The van der Waals surface area contributed by atoms with Crippen LogP contribution >= 0.6 is 28.1 Å². The zero-order chi connectivity index (χ0) is 20.6. The molecule has 0 aliphatic rings. The van der Waals surface area contributed by atoms with Gasteiger partial charge in [-0.05, 0) is 70.0 Å². The Morgan fingerprint density at radius 2 is 1.93 bits per heavy atom. The summed E-state index contributed by atoms with van der Waals surface area (Å²) in [5.74, 6) is 1.45. The van der Waals surface area contributed by atoms with Gasteiger partial charge < -0.3 is 20.1 Å². The number of ether oxygens (including phenoxy) is 2. The number of hydrogen-bond donors (Lipinski definition) is 2. The molecule has 0 atom stereocenters. The van der Waals surface area contributed by atoms with Gasteiger partial charge in [-0.1, -0.05) is 18.2 Å². The van der Waals surface area contributed by atoms with Crippen molar-refractivity contribution in [2.45, 2.75) is 13.0 Å². The Labute approximate surface area is 184 Å². The molecule has 1 heterocycles. The van der Waals surface area contributed by atoms with E-state index in [2.05, 4.69) is 43.8 Å². The molecule has 152 valence electrons. The van der Waals surface area contributed by atoms with Gasteiger partial charge in [0.1, 0.15) is 0 Å². The summed E-state index contributed by atoms with van der Waals surface area (Å²) in [6.07, 6.45) is 4.54. The zero-order valence-corrected chi connectivity index (χ0v) is 18.7. The summed E-state index contributed by atoms with van der Waals surface area (Å²) in [4.78, 5) is 0. The van der Waals surface area contributed by atoms with Gasteiger partial charge in [-0.15, -0.1) is 0 Å². The molecule has 2 N–H and O–H groups in total. The highest BCUT2D eigenvalue weighted by atomic mass is 79.9. The van der Waals surface area contributed by atoms with Gasteiger partial charge in [-0.3, -0.25) is 4.68 Å². The molecule has 0 amide bonds. The number of nitrogens with zero attached hydrogens (tertiary/aromatic N) is 2. The summed E-state index contributed by atoms with van der Waals surface area (Å²) < 4.78 is 13.5. The standard InChI is InChI=1S/C21H23BrN4O2S/c1-27-19-7-6-15(11-20(19)28-2)8-9-23-21(29)25-18-5-3-4-16(10-18)13-26-14-17(22)12-24-26/h3-7,10-12,14H,8-9,13H2,1-2H3,(H2,23,25,29). The van der Waals surface area contributed by atoms with E-state index in [4.69, 9.17) is 21.7 Å². The number of hydrogen-bond acceptors (Lipinski definition) is 4. The lowest BCUT2D eigenvalue weighted by molar-refractivity contribution is 0.354. The second-order valence-electron chi connectivity index (χ2n) is 6.38. The highest BCUT2D eigenvalue weighted by molar-refractivity contribution is 9.10. The molecule has 0 saturated carbocycles. The van der Waals surface area contributed by atoms with Crippen LogP contribution in [0.1, 0.15) is 11.1 Å². The Hall–Kier alpha value is -2.58. The summed E-state index contributed by atoms with van der Waals surface area (Å²) >= 11 is 8.84. The van der Waals surface area contributed by atoms with E-state index >= 15 is 0 Å². The summed E-state index contributed by atoms with van der Waals surface area (Å²) in [5, 5.41) is 11.4. The molecule has 3 rings (SSSR count). The van der Waals surface area contributed by atoms with E-state index in [-0.39, 0.29) is 0 Å². The van der Waals surface area contributed by atoms with Crippen molar-refractivity contribution in [2.24, 2.45) is 0 Å². The van der Waals surface area contributed by atoms with Crippen molar-refractivity contribution in [2.75, 3.05) is 26.1 Å². The monoisotopic (exact) mass is 474 g/mol. The van der Waals surface area contributed by atoms with Crippen LogP contribution in [0.3, 0.4) is 0 Å². The molecule has 0 bridgehead atoms. The zero-order valence-electron chi connectivity index (χ0n) is 16.3. The number of aromatic nitrogens is 2. The molecule has 0 saturated heterocycles. The predicted molar refractivity (Wildman–Crippen MR) is 123 cm³/mol. The first kappa shape index (κ1) is 21.1. The lowest BCUT2D eigenvalue weighted by Gasteiger charge is -2.13. The number of nitrogens with one attached hydrogen (secondary N) is 2. The Bertz CT molecular complexity index is 977. The molecule has 2 aromatic carbocycles. The van der Waals surface area contributed by atoms with Crippen LogP contribution in [-0.2, 0) is 13.0 Å². The Morgan fingerprint density at radius 1 is 1.10 bits per heavy atom. The number of halogens is 1. The molecule has 0 aliphatic carbocycles. The lowest BCUT2D eigenvalue weighted by atomic mass is 10.1. The summed E-state index contributed by atoms with van der Waals surface area (Å²) in [6, 6.07) is 14.0. The minimum Gasteiger partial charge on any atom is -0.493 e. The molecule has 29 heavy (non-hydrogen) atoms. The van der Waals surface area contributed by atoms with Gasteiger partial charge >= 0.3 is 0 Å². The number of methoxy groups -OCH3 is 2. The van der Waals surface area contributed by atoms with Crippen LogP contribution < -0.4 is 20.1 Å². The van der Waals surface area contributed by atoms with Gasteiger partial charge in [0.2, 0.25) is 0 Å². The fourth-order valence-corrected chi connectivity index (χ4v) is 3.44. The van der Waals surface area contributed by atoms with E-state index in [9.17, 15) is 0 Å². The first-order valence-electron chi connectivity index (χ1n) is 9.10. The average Bonchev–Trinajstić information content (AvgIpc) is 3.12. The van der Waals surface area contributed by atoms with Crippen LogP contribution in [-0.4, -0.2) is 35.7 Å². The number of rotatable bonds is 8. The Balaban J connectivity index is 1.50. The van der Waals surface area contributed by atoms with Gasteiger partial charge in [0.25, 0.3) is 0 Å².